The Morgan fingerprint density at radius 1 is 0.362 bits per heavy atom. The molecule has 4 heteroatoms. The number of aromatic nitrogens is 1. The van der Waals surface area contributed by atoms with Crippen molar-refractivity contribution in [2.75, 3.05) is 4.90 Å². The number of rotatable bonds is 6. The van der Waals surface area contributed by atoms with Crippen LogP contribution in [0.4, 0.5) is 17.1 Å². The molecule has 0 atom stereocenters. The highest BCUT2D eigenvalue weighted by molar-refractivity contribution is 6.19. The quantitative estimate of drug-likeness (QED) is 0.170. The van der Waals surface area contributed by atoms with Crippen molar-refractivity contribution in [1.29, 1.82) is 0 Å². The third-order valence-electron chi connectivity index (χ3n) is 11.6. The van der Waals surface area contributed by atoms with E-state index in [1.54, 1.807) is 0 Å². The summed E-state index contributed by atoms with van der Waals surface area (Å²) in [4.78, 5) is 2.39. The lowest BCUT2D eigenvalue weighted by molar-refractivity contribution is 0.669. The van der Waals surface area contributed by atoms with Crippen LogP contribution in [-0.4, -0.2) is 4.57 Å². The van der Waals surface area contributed by atoms with Gasteiger partial charge in [-0.05, 0) is 83.9 Å². The maximum absolute atomic E-state index is 6.94. The molecular weight excluding hydrogens is 709 g/mol. The van der Waals surface area contributed by atoms with Gasteiger partial charge in [0.15, 0.2) is 0 Å². The number of nitrogens with zero attached hydrogens (tertiary/aromatic N) is 2. The zero-order valence-electron chi connectivity index (χ0n) is 31.3. The minimum Gasteiger partial charge on any atom is -0.456 e. The predicted octanol–water partition coefficient (Wildman–Crippen LogP) is 15.4. The predicted molar refractivity (Wildman–Crippen MR) is 241 cm³/mol. The molecule has 0 saturated carbocycles. The van der Waals surface area contributed by atoms with Gasteiger partial charge in [-0.25, -0.2) is 0 Å². The van der Waals surface area contributed by atoms with E-state index >= 15 is 0 Å². The second kappa shape index (κ2) is 12.9. The van der Waals surface area contributed by atoms with E-state index in [0.29, 0.717) is 0 Å². The second-order valence-electron chi connectivity index (χ2n) is 14.8. The molecule has 58 heavy (non-hydrogen) atoms. The van der Waals surface area contributed by atoms with Crippen molar-refractivity contribution in [1.82, 2.24) is 4.57 Å². The fraction of sp³-hybridized carbons (Fsp3) is 0. The SMILES string of the molecule is c1ccc(N(c2ccccc2-c2cccc3oc4ccccc4c23)c2ccc(-c3cccc(-n4c5ccccc5c5ccccc54)c3)c3oc4ccccc4c23)cc1. The first-order chi connectivity index (χ1) is 28.8. The molecule has 0 bridgehead atoms. The van der Waals surface area contributed by atoms with Gasteiger partial charge in [-0.3, -0.25) is 0 Å². The molecule has 0 N–H and O–H groups in total. The summed E-state index contributed by atoms with van der Waals surface area (Å²) in [5.41, 5.74) is 14.4. The fourth-order valence-electron chi connectivity index (χ4n) is 9.12. The Morgan fingerprint density at radius 3 is 1.72 bits per heavy atom. The van der Waals surface area contributed by atoms with Gasteiger partial charge in [0, 0.05) is 49.4 Å². The Hall–Kier alpha value is -7.82. The number of fused-ring (bicyclic) bond motifs is 9. The van der Waals surface area contributed by atoms with Crippen LogP contribution in [0.2, 0.25) is 0 Å². The van der Waals surface area contributed by atoms with Crippen LogP contribution in [-0.2, 0) is 0 Å². The molecule has 0 spiro atoms. The maximum Gasteiger partial charge on any atom is 0.145 e. The summed E-state index contributed by atoms with van der Waals surface area (Å²) in [7, 11) is 0. The molecule has 0 aliphatic heterocycles. The van der Waals surface area contributed by atoms with Crippen LogP contribution >= 0.6 is 0 Å². The highest BCUT2D eigenvalue weighted by atomic mass is 16.3. The van der Waals surface area contributed by atoms with Gasteiger partial charge in [0.2, 0.25) is 0 Å². The Bertz CT molecular complexity index is 3480. The Kier molecular flexibility index (Phi) is 7.20. The highest BCUT2D eigenvalue weighted by Crippen LogP contribution is 2.49. The smallest absolute Gasteiger partial charge is 0.145 e. The lowest BCUT2D eigenvalue weighted by Crippen LogP contribution is -2.11. The van der Waals surface area contributed by atoms with Gasteiger partial charge in [0.05, 0.1) is 27.8 Å². The molecule has 0 unspecified atom stereocenters. The van der Waals surface area contributed by atoms with Gasteiger partial charge in [0.1, 0.15) is 22.3 Å². The first kappa shape index (κ1) is 32.4. The summed E-state index contributed by atoms with van der Waals surface area (Å²) >= 11 is 0. The van der Waals surface area contributed by atoms with Crippen molar-refractivity contribution < 1.29 is 8.83 Å². The van der Waals surface area contributed by atoms with Crippen LogP contribution in [0, 0.1) is 0 Å². The Labute approximate surface area is 334 Å². The number of furan rings is 2. The first-order valence-electron chi connectivity index (χ1n) is 19.7. The van der Waals surface area contributed by atoms with Crippen molar-refractivity contribution >= 4 is 82.7 Å². The molecule has 0 aliphatic carbocycles. The van der Waals surface area contributed by atoms with Crippen molar-refractivity contribution in [3.63, 3.8) is 0 Å². The van der Waals surface area contributed by atoms with E-state index in [-0.39, 0.29) is 0 Å². The molecular formula is C54H34N2O2. The van der Waals surface area contributed by atoms with E-state index < -0.39 is 0 Å². The van der Waals surface area contributed by atoms with Gasteiger partial charge < -0.3 is 18.3 Å². The molecule has 4 nitrogen and oxygen atoms in total. The van der Waals surface area contributed by atoms with Crippen molar-refractivity contribution in [3.05, 3.63) is 206 Å². The molecule has 0 fully saturated rings. The van der Waals surface area contributed by atoms with E-state index in [9.17, 15) is 0 Å². The zero-order valence-corrected chi connectivity index (χ0v) is 31.3. The molecule has 9 aromatic carbocycles. The van der Waals surface area contributed by atoms with Crippen molar-refractivity contribution in [2.45, 2.75) is 0 Å². The monoisotopic (exact) mass is 742 g/mol. The van der Waals surface area contributed by atoms with Gasteiger partial charge >= 0.3 is 0 Å². The molecule has 0 aliphatic rings. The molecule has 0 radical (unpaired) electrons. The standard InChI is InChI=1S/C54H34N2O2/c1-2-17-36(18-3-1)55(47-28-11-6-22-41(47)42-25-15-31-51-52(42)43-23-7-12-29-49(43)57-51)48-33-32-38(54-53(48)44-24-8-13-30-50(44)58-54)35-16-14-19-37(34-35)56-45-26-9-4-20-39(45)40-21-5-10-27-46(40)56/h1-34H. The lowest BCUT2D eigenvalue weighted by Gasteiger charge is -2.29. The van der Waals surface area contributed by atoms with Gasteiger partial charge in [0.25, 0.3) is 0 Å². The summed E-state index contributed by atoms with van der Waals surface area (Å²) in [5.74, 6) is 0. The summed E-state index contributed by atoms with van der Waals surface area (Å²) in [6, 6.07) is 73.1. The van der Waals surface area contributed by atoms with E-state index in [1.165, 1.54) is 21.8 Å². The fourth-order valence-corrected chi connectivity index (χ4v) is 9.12. The zero-order chi connectivity index (χ0) is 38.2. The lowest BCUT2D eigenvalue weighted by atomic mass is 9.96. The molecule has 3 aromatic heterocycles. The number of para-hydroxylation sites is 6. The Morgan fingerprint density at radius 2 is 0.948 bits per heavy atom. The highest BCUT2D eigenvalue weighted by Gasteiger charge is 2.25. The molecule has 272 valence electrons. The Balaban J connectivity index is 1.10. The molecule has 12 aromatic rings. The van der Waals surface area contributed by atoms with Crippen LogP contribution in [0.1, 0.15) is 0 Å². The van der Waals surface area contributed by atoms with Crippen LogP contribution < -0.4 is 4.90 Å². The molecule has 12 rings (SSSR count). The summed E-state index contributed by atoms with van der Waals surface area (Å²) in [6.45, 7) is 0. The summed E-state index contributed by atoms with van der Waals surface area (Å²) in [5, 5.41) is 6.81. The topological polar surface area (TPSA) is 34.5 Å². The number of hydrogen-bond donors (Lipinski definition) is 0. The second-order valence-corrected chi connectivity index (χ2v) is 14.8. The average Bonchev–Trinajstić information content (AvgIpc) is 3.97. The van der Waals surface area contributed by atoms with E-state index in [1.807, 2.05) is 18.2 Å². The van der Waals surface area contributed by atoms with Crippen molar-refractivity contribution in [3.8, 4) is 27.9 Å². The van der Waals surface area contributed by atoms with Crippen LogP contribution in [0.5, 0.6) is 0 Å². The third kappa shape index (κ3) is 4.88. The summed E-state index contributed by atoms with van der Waals surface area (Å²) in [6.07, 6.45) is 0. The average molecular weight is 743 g/mol. The van der Waals surface area contributed by atoms with Gasteiger partial charge in [-0.15, -0.1) is 0 Å². The molecule has 0 amide bonds. The number of hydrogen-bond acceptors (Lipinski definition) is 3. The van der Waals surface area contributed by atoms with Crippen LogP contribution in [0.25, 0.3) is 93.6 Å². The number of benzene rings is 9. The minimum absolute atomic E-state index is 0.847. The van der Waals surface area contributed by atoms with Crippen molar-refractivity contribution in [2.24, 2.45) is 0 Å². The van der Waals surface area contributed by atoms with E-state index in [4.69, 9.17) is 8.83 Å². The minimum atomic E-state index is 0.847. The normalized spacial score (nSPS) is 11.8. The van der Waals surface area contributed by atoms with E-state index in [0.717, 1.165) is 88.9 Å². The van der Waals surface area contributed by atoms with E-state index in [2.05, 4.69) is 198 Å². The first-order valence-corrected chi connectivity index (χ1v) is 19.7. The largest absolute Gasteiger partial charge is 0.456 e. The van der Waals surface area contributed by atoms with Gasteiger partial charge in [-0.1, -0.05) is 133 Å². The molecule has 3 heterocycles. The molecule has 0 saturated heterocycles. The maximum atomic E-state index is 6.94. The number of anilines is 3. The summed E-state index contributed by atoms with van der Waals surface area (Å²) < 4.78 is 15.7. The van der Waals surface area contributed by atoms with Gasteiger partial charge in [-0.2, -0.15) is 0 Å². The van der Waals surface area contributed by atoms with Crippen LogP contribution in [0.15, 0.2) is 215 Å². The third-order valence-corrected chi connectivity index (χ3v) is 11.6. The van der Waals surface area contributed by atoms with Crippen LogP contribution in [0.3, 0.4) is 0 Å².